The van der Waals surface area contributed by atoms with E-state index in [2.05, 4.69) is 16.3 Å². The van der Waals surface area contributed by atoms with E-state index in [1.807, 2.05) is 30.0 Å². The van der Waals surface area contributed by atoms with E-state index in [1.165, 1.54) is 11.5 Å². The normalized spacial score (nSPS) is 21.3. The SMILES string of the molecule is O=C(CC1(O)CCCC1)Nc1ccccc1CN1CCSCC1. The van der Waals surface area contributed by atoms with Crippen LogP contribution in [0.25, 0.3) is 0 Å². The standard InChI is InChI=1S/C18H26N2O2S/c21-17(13-18(22)7-3-4-8-18)19-16-6-2-1-5-15(16)14-20-9-11-23-12-10-20/h1-2,5-6,22H,3-4,7-14H2,(H,19,21). The molecule has 126 valence electrons. The Morgan fingerprint density at radius 1 is 1.22 bits per heavy atom. The number of para-hydroxylation sites is 1. The van der Waals surface area contributed by atoms with Gasteiger partial charge in [0, 0.05) is 36.8 Å². The number of carbonyl (C=O) groups excluding carboxylic acids is 1. The van der Waals surface area contributed by atoms with Crippen LogP contribution in [0.4, 0.5) is 5.69 Å². The van der Waals surface area contributed by atoms with Gasteiger partial charge in [-0.25, -0.2) is 0 Å². The van der Waals surface area contributed by atoms with E-state index < -0.39 is 5.60 Å². The van der Waals surface area contributed by atoms with Gasteiger partial charge in [-0.3, -0.25) is 9.69 Å². The fourth-order valence-electron chi connectivity index (χ4n) is 3.48. The molecular formula is C18H26N2O2S. The zero-order valence-electron chi connectivity index (χ0n) is 13.6. The molecule has 1 amide bonds. The molecular weight excluding hydrogens is 308 g/mol. The summed E-state index contributed by atoms with van der Waals surface area (Å²) in [5, 5.41) is 13.4. The Kier molecular flexibility index (Phi) is 5.62. The van der Waals surface area contributed by atoms with E-state index in [9.17, 15) is 9.90 Å². The average Bonchev–Trinajstić information content (AvgIpc) is 2.96. The Morgan fingerprint density at radius 2 is 1.91 bits per heavy atom. The van der Waals surface area contributed by atoms with Crippen LogP contribution in [0.15, 0.2) is 24.3 Å². The van der Waals surface area contributed by atoms with Gasteiger partial charge >= 0.3 is 0 Å². The number of anilines is 1. The van der Waals surface area contributed by atoms with Crippen molar-refractivity contribution in [3.8, 4) is 0 Å². The maximum absolute atomic E-state index is 12.3. The van der Waals surface area contributed by atoms with Crippen molar-refractivity contribution in [3.63, 3.8) is 0 Å². The van der Waals surface area contributed by atoms with Crippen LogP contribution in [0.1, 0.15) is 37.7 Å². The number of carbonyl (C=O) groups is 1. The summed E-state index contributed by atoms with van der Waals surface area (Å²) in [6, 6.07) is 8.02. The number of amides is 1. The van der Waals surface area contributed by atoms with Gasteiger partial charge in [-0.2, -0.15) is 11.8 Å². The minimum atomic E-state index is -0.789. The molecule has 2 N–H and O–H groups in total. The number of nitrogens with one attached hydrogen (secondary N) is 1. The molecule has 0 atom stereocenters. The molecule has 5 heteroatoms. The maximum atomic E-state index is 12.3. The fraction of sp³-hybridized carbons (Fsp3) is 0.611. The fourth-order valence-corrected chi connectivity index (χ4v) is 4.46. The van der Waals surface area contributed by atoms with Gasteiger partial charge < -0.3 is 10.4 Å². The third-order valence-corrected chi connectivity index (χ3v) is 5.76. The lowest BCUT2D eigenvalue weighted by Crippen LogP contribution is -2.33. The highest BCUT2D eigenvalue weighted by atomic mass is 32.2. The summed E-state index contributed by atoms with van der Waals surface area (Å²) in [4.78, 5) is 14.8. The summed E-state index contributed by atoms with van der Waals surface area (Å²) in [5.74, 6) is 2.29. The van der Waals surface area contributed by atoms with Crippen molar-refractivity contribution in [2.24, 2.45) is 0 Å². The third kappa shape index (κ3) is 4.72. The van der Waals surface area contributed by atoms with E-state index >= 15 is 0 Å². The molecule has 2 fully saturated rings. The van der Waals surface area contributed by atoms with E-state index in [4.69, 9.17) is 0 Å². The summed E-state index contributed by atoms with van der Waals surface area (Å²) in [7, 11) is 0. The van der Waals surface area contributed by atoms with Crippen molar-refractivity contribution in [1.29, 1.82) is 0 Å². The first kappa shape index (κ1) is 16.8. The minimum absolute atomic E-state index is 0.0731. The first-order chi connectivity index (χ1) is 11.1. The van der Waals surface area contributed by atoms with Crippen molar-refractivity contribution in [2.75, 3.05) is 29.9 Å². The number of hydrogen-bond acceptors (Lipinski definition) is 4. The first-order valence-corrected chi connectivity index (χ1v) is 9.70. The summed E-state index contributed by atoms with van der Waals surface area (Å²) in [6.45, 7) is 3.08. The number of thioether (sulfide) groups is 1. The molecule has 0 spiro atoms. The van der Waals surface area contributed by atoms with Crippen LogP contribution in [0.5, 0.6) is 0 Å². The number of nitrogens with zero attached hydrogens (tertiary/aromatic N) is 1. The predicted octanol–water partition coefficient (Wildman–Crippen LogP) is 2.87. The van der Waals surface area contributed by atoms with Crippen molar-refractivity contribution >= 4 is 23.4 Å². The molecule has 23 heavy (non-hydrogen) atoms. The molecule has 1 saturated heterocycles. The van der Waals surface area contributed by atoms with Gasteiger partial charge in [0.25, 0.3) is 0 Å². The third-order valence-electron chi connectivity index (χ3n) is 4.81. The molecule has 1 aromatic carbocycles. The highest BCUT2D eigenvalue weighted by molar-refractivity contribution is 7.99. The maximum Gasteiger partial charge on any atom is 0.227 e. The van der Waals surface area contributed by atoms with Crippen LogP contribution < -0.4 is 5.32 Å². The van der Waals surface area contributed by atoms with Crippen LogP contribution in [0.2, 0.25) is 0 Å². The molecule has 2 aliphatic rings. The molecule has 4 nitrogen and oxygen atoms in total. The Labute approximate surface area is 142 Å². The average molecular weight is 334 g/mol. The zero-order valence-corrected chi connectivity index (χ0v) is 14.4. The molecule has 1 aromatic rings. The molecule has 0 radical (unpaired) electrons. The Morgan fingerprint density at radius 3 is 2.65 bits per heavy atom. The number of benzene rings is 1. The number of aliphatic hydroxyl groups is 1. The molecule has 1 heterocycles. The largest absolute Gasteiger partial charge is 0.389 e. The molecule has 0 bridgehead atoms. The van der Waals surface area contributed by atoms with E-state index in [-0.39, 0.29) is 12.3 Å². The monoisotopic (exact) mass is 334 g/mol. The quantitative estimate of drug-likeness (QED) is 0.869. The van der Waals surface area contributed by atoms with Gasteiger partial charge in [0.15, 0.2) is 0 Å². The Hall–Kier alpha value is -1.04. The summed E-state index contributed by atoms with van der Waals surface area (Å²) < 4.78 is 0. The second-order valence-corrected chi connectivity index (χ2v) is 7.93. The van der Waals surface area contributed by atoms with Crippen LogP contribution in [0.3, 0.4) is 0 Å². The van der Waals surface area contributed by atoms with Crippen LogP contribution in [0, 0.1) is 0 Å². The number of rotatable bonds is 5. The van der Waals surface area contributed by atoms with E-state index in [1.54, 1.807) is 0 Å². The second-order valence-electron chi connectivity index (χ2n) is 6.70. The molecule has 0 aromatic heterocycles. The van der Waals surface area contributed by atoms with Crippen LogP contribution in [-0.2, 0) is 11.3 Å². The number of hydrogen-bond donors (Lipinski definition) is 2. The van der Waals surface area contributed by atoms with Crippen molar-refractivity contribution in [1.82, 2.24) is 4.90 Å². The summed E-state index contributed by atoms with van der Waals surface area (Å²) >= 11 is 2.00. The smallest absolute Gasteiger partial charge is 0.227 e. The topological polar surface area (TPSA) is 52.6 Å². The Bertz CT molecular complexity index is 538. The second kappa shape index (κ2) is 7.69. The van der Waals surface area contributed by atoms with Gasteiger partial charge in [-0.1, -0.05) is 31.0 Å². The van der Waals surface area contributed by atoms with Gasteiger partial charge in [-0.05, 0) is 24.5 Å². The van der Waals surface area contributed by atoms with Gasteiger partial charge in [-0.15, -0.1) is 0 Å². The summed E-state index contributed by atoms with van der Waals surface area (Å²) in [5.41, 5.74) is 1.26. The molecule has 0 unspecified atom stereocenters. The van der Waals surface area contributed by atoms with E-state index in [0.29, 0.717) is 0 Å². The highest BCUT2D eigenvalue weighted by Crippen LogP contribution is 2.32. The lowest BCUT2D eigenvalue weighted by molar-refractivity contribution is -0.120. The van der Waals surface area contributed by atoms with Crippen molar-refractivity contribution < 1.29 is 9.90 Å². The lowest BCUT2D eigenvalue weighted by atomic mass is 9.97. The van der Waals surface area contributed by atoms with Gasteiger partial charge in [0.05, 0.1) is 12.0 Å². The van der Waals surface area contributed by atoms with E-state index in [0.717, 1.165) is 56.6 Å². The van der Waals surface area contributed by atoms with Gasteiger partial charge in [0.1, 0.15) is 0 Å². The molecule has 1 saturated carbocycles. The molecule has 1 aliphatic heterocycles. The molecule has 1 aliphatic carbocycles. The lowest BCUT2D eigenvalue weighted by Gasteiger charge is -2.27. The zero-order chi connectivity index (χ0) is 16.1. The minimum Gasteiger partial charge on any atom is -0.389 e. The molecule has 3 rings (SSSR count). The summed E-state index contributed by atoms with van der Waals surface area (Å²) in [6.07, 6.45) is 3.74. The van der Waals surface area contributed by atoms with Crippen LogP contribution in [-0.4, -0.2) is 46.1 Å². The predicted molar refractivity (Wildman–Crippen MR) is 95.7 cm³/mol. The van der Waals surface area contributed by atoms with Crippen LogP contribution >= 0.6 is 11.8 Å². The Balaban J connectivity index is 1.61. The highest BCUT2D eigenvalue weighted by Gasteiger charge is 2.33. The first-order valence-electron chi connectivity index (χ1n) is 8.55. The van der Waals surface area contributed by atoms with Crippen molar-refractivity contribution in [3.05, 3.63) is 29.8 Å². The van der Waals surface area contributed by atoms with Gasteiger partial charge in [0.2, 0.25) is 5.91 Å². The van der Waals surface area contributed by atoms with Crippen molar-refractivity contribution in [2.45, 2.75) is 44.2 Å².